The number of carbonyl (C=O) groups is 2. The summed E-state index contributed by atoms with van der Waals surface area (Å²) in [4.78, 5) is 28.2. The smallest absolute Gasteiger partial charge is 0.328 e. The van der Waals surface area contributed by atoms with Crippen molar-refractivity contribution in [2.45, 2.75) is 57.2 Å². The molecular weight excluding hydrogens is 290 g/mol. The van der Waals surface area contributed by atoms with Gasteiger partial charge < -0.3 is 10.2 Å². The van der Waals surface area contributed by atoms with Gasteiger partial charge in [0.2, 0.25) is 0 Å². The number of carbonyl (C=O) groups excluding carboxylic acids is 2. The molecule has 0 aromatic heterocycles. The highest BCUT2D eigenvalue weighted by molar-refractivity contribution is 5.96. The fraction of sp³-hybridized carbons (Fsp3) is 0.556. The van der Waals surface area contributed by atoms with Gasteiger partial charge in [-0.25, -0.2) is 14.5 Å². The lowest BCUT2D eigenvalue weighted by Gasteiger charge is -2.27. The monoisotopic (exact) mass is 315 g/mol. The highest BCUT2D eigenvalue weighted by atomic mass is 16.2. The van der Waals surface area contributed by atoms with E-state index in [0.29, 0.717) is 0 Å². The second-order valence-electron chi connectivity index (χ2n) is 6.64. The van der Waals surface area contributed by atoms with Crippen molar-refractivity contribution in [1.29, 1.82) is 0 Å². The van der Waals surface area contributed by atoms with E-state index < -0.39 is 0 Å². The second kappa shape index (κ2) is 6.60. The molecule has 5 heteroatoms. The van der Waals surface area contributed by atoms with Crippen LogP contribution in [0.15, 0.2) is 30.3 Å². The lowest BCUT2D eigenvalue weighted by atomic mass is 9.95. The summed E-state index contributed by atoms with van der Waals surface area (Å²) >= 11 is 0. The third kappa shape index (κ3) is 3.05. The van der Waals surface area contributed by atoms with Crippen LogP contribution in [0.5, 0.6) is 0 Å². The van der Waals surface area contributed by atoms with Crippen LogP contribution in [0.4, 0.5) is 9.59 Å². The zero-order chi connectivity index (χ0) is 16.4. The Balaban J connectivity index is 1.74. The van der Waals surface area contributed by atoms with Crippen molar-refractivity contribution in [3.05, 3.63) is 35.9 Å². The molecule has 4 amide bonds. The molecule has 0 spiro atoms. The van der Waals surface area contributed by atoms with Crippen molar-refractivity contribution in [2.24, 2.45) is 0 Å². The minimum atomic E-state index is -0.250. The molecule has 3 rings (SSSR count). The molecule has 0 unspecified atom stereocenters. The van der Waals surface area contributed by atoms with Crippen LogP contribution in [0.3, 0.4) is 0 Å². The number of likely N-dealkylation sites (N-methyl/N-ethyl adjacent to an activating group) is 1. The van der Waals surface area contributed by atoms with Crippen molar-refractivity contribution in [2.75, 3.05) is 7.05 Å². The van der Waals surface area contributed by atoms with Crippen LogP contribution in [0.2, 0.25) is 0 Å². The average molecular weight is 315 g/mol. The van der Waals surface area contributed by atoms with Gasteiger partial charge in [-0.2, -0.15) is 0 Å². The number of nitrogens with zero attached hydrogens (tertiary/aromatic N) is 2. The number of benzene rings is 1. The first-order valence-corrected chi connectivity index (χ1v) is 8.51. The first-order valence-electron chi connectivity index (χ1n) is 8.51. The fourth-order valence-electron chi connectivity index (χ4n) is 3.84. The molecule has 1 saturated heterocycles. The minimum absolute atomic E-state index is 0.0965. The Bertz CT molecular complexity index is 569. The van der Waals surface area contributed by atoms with Gasteiger partial charge in [-0.05, 0) is 25.3 Å². The minimum Gasteiger partial charge on any atom is -0.335 e. The molecule has 1 aliphatic carbocycles. The highest BCUT2D eigenvalue weighted by Crippen LogP contribution is 2.34. The Morgan fingerprint density at radius 3 is 2.43 bits per heavy atom. The molecule has 1 saturated carbocycles. The van der Waals surface area contributed by atoms with Crippen LogP contribution in [0.1, 0.15) is 50.6 Å². The molecule has 2 fully saturated rings. The summed E-state index contributed by atoms with van der Waals surface area (Å²) in [7, 11) is 1.77. The number of imide groups is 1. The molecule has 1 heterocycles. The Kier molecular flexibility index (Phi) is 4.55. The summed E-state index contributed by atoms with van der Waals surface area (Å²) in [6, 6.07) is 9.35. The number of urea groups is 2. The molecule has 1 aliphatic heterocycles. The van der Waals surface area contributed by atoms with Crippen LogP contribution in [-0.4, -0.2) is 41.0 Å². The highest BCUT2D eigenvalue weighted by Gasteiger charge is 2.45. The van der Waals surface area contributed by atoms with E-state index in [2.05, 4.69) is 5.32 Å². The van der Waals surface area contributed by atoms with E-state index in [1.54, 1.807) is 11.9 Å². The average Bonchev–Trinajstić information content (AvgIpc) is 2.79. The molecular formula is C18H25N3O2. The summed E-state index contributed by atoms with van der Waals surface area (Å²) in [6.45, 7) is 1.94. The summed E-state index contributed by atoms with van der Waals surface area (Å²) in [5.41, 5.74) is 1.06. The molecule has 1 aromatic carbocycles. The van der Waals surface area contributed by atoms with Crippen LogP contribution >= 0.6 is 0 Å². The predicted octanol–water partition coefficient (Wildman–Crippen LogP) is 3.53. The van der Waals surface area contributed by atoms with Crippen molar-refractivity contribution in [3.8, 4) is 0 Å². The van der Waals surface area contributed by atoms with E-state index in [0.717, 1.165) is 31.2 Å². The van der Waals surface area contributed by atoms with Crippen molar-refractivity contribution >= 4 is 12.1 Å². The molecule has 5 nitrogen and oxygen atoms in total. The van der Waals surface area contributed by atoms with Gasteiger partial charge in [-0.3, -0.25) is 0 Å². The summed E-state index contributed by atoms with van der Waals surface area (Å²) < 4.78 is 0. The number of nitrogens with one attached hydrogen (secondary N) is 1. The molecule has 23 heavy (non-hydrogen) atoms. The van der Waals surface area contributed by atoms with E-state index in [1.165, 1.54) is 11.3 Å². The standard InChI is InChI=1S/C18H25N3O2/c1-13-16(14-9-5-3-6-10-14)20(2)18(23)21(13)17(22)19-15-11-7-4-8-12-15/h3,5-6,9-10,13,15-16H,4,7-8,11-12H2,1-2H3,(H,19,22)/t13-,16+/m1/s1. The third-order valence-electron chi connectivity index (χ3n) is 5.08. The normalized spacial score (nSPS) is 25.7. The van der Waals surface area contributed by atoms with E-state index in [1.807, 2.05) is 37.3 Å². The third-order valence-corrected chi connectivity index (χ3v) is 5.08. The molecule has 2 aliphatic rings. The molecule has 0 bridgehead atoms. The summed E-state index contributed by atoms with van der Waals surface area (Å²) in [5, 5.41) is 3.05. The summed E-state index contributed by atoms with van der Waals surface area (Å²) in [6.07, 6.45) is 5.58. The molecule has 0 radical (unpaired) electrons. The van der Waals surface area contributed by atoms with Crippen molar-refractivity contribution in [3.63, 3.8) is 0 Å². The Morgan fingerprint density at radius 2 is 1.78 bits per heavy atom. The lowest BCUT2D eigenvalue weighted by Crippen LogP contribution is -2.49. The number of hydrogen-bond donors (Lipinski definition) is 1. The Morgan fingerprint density at radius 1 is 1.13 bits per heavy atom. The van der Waals surface area contributed by atoms with Gasteiger partial charge in [0.1, 0.15) is 0 Å². The lowest BCUT2D eigenvalue weighted by molar-refractivity contribution is 0.179. The first kappa shape index (κ1) is 15.8. The predicted molar refractivity (Wildman–Crippen MR) is 89.0 cm³/mol. The topological polar surface area (TPSA) is 52.7 Å². The quantitative estimate of drug-likeness (QED) is 0.908. The number of amides is 4. The van der Waals surface area contributed by atoms with Crippen molar-refractivity contribution < 1.29 is 9.59 Å². The van der Waals surface area contributed by atoms with Gasteiger partial charge in [-0.1, -0.05) is 49.6 Å². The van der Waals surface area contributed by atoms with Crippen molar-refractivity contribution in [1.82, 2.24) is 15.1 Å². The van der Waals surface area contributed by atoms with Crippen LogP contribution in [0, 0.1) is 0 Å². The van der Waals surface area contributed by atoms with Crippen LogP contribution in [0.25, 0.3) is 0 Å². The fourth-order valence-corrected chi connectivity index (χ4v) is 3.84. The van der Waals surface area contributed by atoms with Gasteiger partial charge in [-0.15, -0.1) is 0 Å². The SMILES string of the molecule is C[C@@H]1[C@@H](c2ccccc2)N(C)C(=O)N1C(=O)NC1CCCCC1. The van der Waals surface area contributed by atoms with E-state index >= 15 is 0 Å². The van der Waals surface area contributed by atoms with Gasteiger partial charge in [0.15, 0.2) is 0 Å². The Hall–Kier alpha value is -2.04. The molecule has 1 aromatic rings. The van der Waals surface area contributed by atoms with Crippen LogP contribution in [-0.2, 0) is 0 Å². The van der Waals surface area contributed by atoms with Gasteiger partial charge in [0, 0.05) is 13.1 Å². The molecule has 2 atom stereocenters. The van der Waals surface area contributed by atoms with Gasteiger partial charge in [0.05, 0.1) is 12.1 Å². The summed E-state index contributed by atoms with van der Waals surface area (Å²) in [5.74, 6) is 0. The second-order valence-corrected chi connectivity index (χ2v) is 6.64. The van der Waals surface area contributed by atoms with E-state index in [9.17, 15) is 9.59 Å². The zero-order valence-corrected chi connectivity index (χ0v) is 13.9. The van der Waals surface area contributed by atoms with Gasteiger partial charge >= 0.3 is 12.1 Å². The maximum absolute atomic E-state index is 12.6. The molecule has 1 N–H and O–H groups in total. The number of rotatable bonds is 2. The number of hydrogen-bond acceptors (Lipinski definition) is 2. The van der Waals surface area contributed by atoms with Crippen LogP contribution < -0.4 is 5.32 Å². The van der Waals surface area contributed by atoms with Gasteiger partial charge in [0.25, 0.3) is 0 Å². The maximum Gasteiger partial charge on any atom is 0.328 e. The van der Waals surface area contributed by atoms with E-state index in [4.69, 9.17) is 0 Å². The zero-order valence-electron chi connectivity index (χ0n) is 13.9. The molecule has 124 valence electrons. The Labute approximate surface area is 137 Å². The van der Waals surface area contributed by atoms with E-state index in [-0.39, 0.29) is 30.2 Å². The largest absolute Gasteiger partial charge is 0.335 e. The maximum atomic E-state index is 12.6. The first-order chi connectivity index (χ1) is 11.1.